The molecular formula is C31H28FN5O2. The van der Waals surface area contributed by atoms with Gasteiger partial charge in [-0.15, -0.1) is 0 Å². The van der Waals surface area contributed by atoms with Crippen LogP contribution in [0.25, 0.3) is 11.5 Å². The fourth-order valence-electron chi connectivity index (χ4n) is 5.31. The summed E-state index contributed by atoms with van der Waals surface area (Å²) < 4.78 is 24.0. The zero-order valence-corrected chi connectivity index (χ0v) is 21.7. The predicted octanol–water partition coefficient (Wildman–Crippen LogP) is 6.51. The van der Waals surface area contributed by atoms with Gasteiger partial charge in [-0.25, -0.2) is 13.9 Å². The SMILES string of the molecule is CCc1nn(-c2ccccc2)c2c1CN(C(=O)Nc1ccccc1OC)[C@@H](c1cccc(F)c1)c1cccn1-2. The number of hydrogen-bond donors (Lipinski definition) is 1. The van der Waals surface area contributed by atoms with Crippen molar-refractivity contribution < 1.29 is 13.9 Å². The average molecular weight is 522 g/mol. The van der Waals surface area contributed by atoms with Crippen LogP contribution < -0.4 is 10.1 Å². The van der Waals surface area contributed by atoms with Crippen molar-refractivity contribution in [1.82, 2.24) is 19.2 Å². The number of fused-ring (bicyclic) bond motifs is 3. The number of hydrogen-bond acceptors (Lipinski definition) is 3. The van der Waals surface area contributed by atoms with Crippen molar-refractivity contribution in [2.45, 2.75) is 25.9 Å². The third-order valence-corrected chi connectivity index (χ3v) is 7.08. The Bertz CT molecular complexity index is 1640. The highest BCUT2D eigenvalue weighted by Crippen LogP contribution is 2.39. The Morgan fingerprint density at radius 2 is 1.82 bits per heavy atom. The molecule has 1 N–H and O–H groups in total. The highest BCUT2D eigenvalue weighted by Gasteiger charge is 2.36. The molecule has 3 heterocycles. The summed E-state index contributed by atoms with van der Waals surface area (Å²) in [4.78, 5) is 15.8. The van der Waals surface area contributed by atoms with E-state index in [-0.39, 0.29) is 18.4 Å². The van der Waals surface area contributed by atoms with Crippen molar-refractivity contribution in [3.63, 3.8) is 0 Å². The Morgan fingerprint density at radius 1 is 1.03 bits per heavy atom. The molecule has 0 saturated carbocycles. The van der Waals surface area contributed by atoms with Crippen LogP contribution in [-0.2, 0) is 13.0 Å². The summed E-state index contributed by atoms with van der Waals surface area (Å²) in [5.41, 5.74) is 4.80. The molecule has 8 heteroatoms. The molecule has 39 heavy (non-hydrogen) atoms. The van der Waals surface area contributed by atoms with E-state index < -0.39 is 6.04 Å². The number of aryl methyl sites for hydroxylation is 1. The first-order valence-corrected chi connectivity index (χ1v) is 12.9. The Kier molecular flexibility index (Phi) is 6.36. The van der Waals surface area contributed by atoms with Gasteiger partial charge in [-0.1, -0.05) is 49.4 Å². The molecule has 0 saturated heterocycles. The minimum absolute atomic E-state index is 0.273. The van der Waals surface area contributed by atoms with Gasteiger partial charge in [0, 0.05) is 11.8 Å². The fraction of sp³-hybridized carbons (Fsp3) is 0.161. The van der Waals surface area contributed by atoms with Crippen molar-refractivity contribution in [1.29, 1.82) is 0 Å². The van der Waals surface area contributed by atoms with E-state index in [1.54, 1.807) is 30.2 Å². The summed E-state index contributed by atoms with van der Waals surface area (Å²) in [5.74, 6) is 1.06. The lowest BCUT2D eigenvalue weighted by atomic mass is 10.0. The molecule has 0 radical (unpaired) electrons. The van der Waals surface area contributed by atoms with E-state index in [2.05, 4.69) is 16.8 Å². The number of nitrogens with one attached hydrogen (secondary N) is 1. The molecule has 6 rings (SSSR count). The van der Waals surface area contributed by atoms with Gasteiger partial charge in [0.15, 0.2) is 0 Å². The average Bonchev–Trinajstić information content (AvgIpc) is 3.55. The summed E-state index contributed by atoms with van der Waals surface area (Å²) in [6, 6.07) is 26.7. The highest BCUT2D eigenvalue weighted by atomic mass is 19.1. The largest absolute Gasteiger partial charge is 0.495 e. The molecule has 7 nitrogen and oxygen atoms in total. The van der Waals surface area contributed by atoms with E-state index in [1.165, 1.54) is 12.1 Å². The summed E-state index contributed by atoms with van der Waals surface area (Å²) >= 11 is 0. The maximum absolute atomic E-state index is 14.5. The molecule has 1 aliphatic rings. The van der Waals surface area contributed by atoms with Crippen molar-refractivity contribution >= 4 is 11.7 Å². The second kappa shape index (κ2) is 10.1. The first-order valence-electron chi connectivity index (χ1n) is 12.9. The number of carbonyl (C=O) groups is 1. The second-order valence-corrected chi connectivity index (χ2v) is 9.37. The van der Waals surface area contributed by atoms with E-state index in [0.717, 1.165) is 28.5 Å². The summed E-state index contributed by atoms with van der Waals surface area (Å²) in [5, 5.41) is 8.01. The Morgan fingerprint density at radius 3 is 2.59 bits per heavy atom. The number of aromatic nitrogens is 3. The summed E-state index contributed by atoms with van der Waals surface area (Å²) in [6.45, 7) is 2.33. The number of anilines is 1. The molecule has 2 amide bonds. The lowest BCUT2D eigenvalue weighted by Gasteiger charge is -2.31. The summed E-state index contributed by atoms with van der Waals surface area (Å²) in [7, 11) is 1.57. The second-order valence-electron chi connectivity index (χ2n) is 9.37. The van der Waals surface area contributed by atoms with Crippen LogP contribution in [0, 0.1) is 5.82 Å². The van der Waals surface area contributed by atoms with E-state index >= 15 is 0 Å². The predicted molar refractivity (Wildman–Crippen MR) is 148 cm³/mol. The highest BCUT2D eigenvalue weighted by molar-refractivity contribution is 5.91. The van der Waals surface area contributed by atoms with Crippen molar-refractivity contribution in [2.24, 2.45) is 0 Å². The third kappa shape index (κ3) is 4.33. The first-order chi connectivity index (χ1) is 19.1. The zero-order valence-electron chi connectivity index (χ0n) is 21.7. The number of rotatable bonds is 5. The number of nitrogens with zero attached hydrogens (tertiary/aromatic N) is 4. The molecule has 0 aliphatic carbocycles. The van der Waals surface area contributed by atoms with Crippen LogP contribution in [0.1, 0.15) is 35.5 Å². The van der Waals surface area contributed by atoms with Gasteiger partial charge in [-0.05, 0) is 60.5 Å². The van der Waals surface area contributed by atoms with Gasteiger partial charge in [0.2, 0.25) is 0 Å². The topological polar surface area (TPSA) is 64.3 Å². The Labute approximate surface area is 226 Å². The Hall–Kier alpha value is -4.85. The smallest absolute Gasteiger partial charge is 0.323 e. The van der Waals surface area contributed by atoms with Crippen LogP contribution in [0.3, 0.4) is 0 Å². The normalized spacial score (nSPS) is 14.3. The van der Waals surface area contributed by atoms with Gasteiger partial charge >= 0.3 is 6.03 Å². The van der Waals surface area contributed by atoms with Gasteiger partial charge in [0.1, 0.15) is 17.4 Å². The minimum atomic E-state index is -0.563. The van der Waals surface area contributed by atoms with Crippen LogP contribution in [0.2, 0.25) is 0 Å². The number of carbonyl (C=O) groups excluding carboxylic acids is 1. The number of ether oxygens (including phenoxy) is 1. The number of para-hydroxylation sites is 3. The molecule has 2 aromatic heterocycles. The molecule has 3 aromatic carbocycles. The van der Waals surface area contributed by atoms with E-state index in [9.17, 15) is 9.18 Å². The molecule has 196 valence electrons. The fourth-order valence-corrected chi connectivity index (χ4v) is 5.31. The Balaban J connectivity index is 1.56. The lowest BCUT2D eigenvalue weighted by Crippen LogP contribution is -2.38. The molecule has 5 aromatic rings. The molecule has 0 bridgehead atoms. The minimum Gasteiger partial charge on any atom is -0.495 e. The molecule has 0 spiro atoms. The van der Waals surface area contributed by atoms with Crippen molar-refractivity contribution in [3.05, 3.63) is 126 Å². The number of amides is 2. The lowest BCUT2D eigenvalue weighted by molar-refractivity contribution is 0.194. The third-order valence-electron chi connectivity index (χ3n) is 7.08. The van der Waals surface area contributed by atoms with Crippen LogP contribution >= 0.6 is 0 Å². The molecule has 0 fully saturated rings. The number of methoxy groups -OCH3 is 1. The molecule has 1 aliphatic heterocycles. The number of halogens is 1. The van der Waals surface area contributed by atoms with Gasteiger partial charge in [0.05, 0.1) is 42.5 Å². The standard InChI is InChI=1S/C31H28FN5O2/c1-3-25-24-20-36(31(38)33-26-15-7-8-17-28(26)39-2)29(21-11-9-12-22(32)19-21)27-16-10-18-35(27)30(24)37(34-25)23-13-5-4-6-14-23/h4-19,29H,3,20H2,1-2H3,(H,33,38)/t29-/m0/s1. The van der Waals surface area contributed by atoms with Gasteiger partial charge in [0.25, 0.3) is 0 Å². The van der Waals surface area contributed by atoms with Crippen LogP contribution in [0.4, 0.5) is 14.9 Å². The van der Waals surface area contributed by atoms with E-state index in [4.69, 9.17) is 9.84 Å². The number of benzene rings is 3. The van der Waals surface area contributed by atoms with Gasteiger partial charge in [-0.2, -0.15) is 5.10 Å². The van der Waals surface area contributed by atoms with Crippen LogP contribution in [0.15, 0.2) is 97.2 Å². The molecule has 1 atom stereocenters. The van der Waals surface area contributed by atoms with Crippen LogP contribution in [-0.4, -0.2) is 32.4 Å². The van der Waals surface area contributed by atoms with Crippen LogP contribution in [0.5, 0.6) is 5.75 Å². The maximum Gasteiger partial charge on any atom is 0.323 e. The van der Waals surface area contributed by atoms with Crippen molar-refractivity contribution in [3.8, 4) is 17.3 Å². The number of urea groups is 1. The zero-order chi connectivity index (χ0) is 26.9. The van der Waals surface area contributed by atoms with Gasteiger partial charge in [-0.3, -0.25) is 0 Å². The van der Waals surface area contributed by atoms with Crippen molar-refractivity contribution in [2.75, 3.05) is 12.4 Å². The summed E-state index contributed by atoms with van der Waals surface area (Å²) in [6.07, 6.45) is 2.66. The van der Waals surface area contributed by atoms with Gasteiger partial charge < -0.3 is 19.5 Å². The monoisotopic (exact) mass is 521 g/mol. The van der Waals surface area contributed by atoms with E-state index in [0.29, 0.717) is 23.4 Å². The van der Waals surface area contributed by atoms with E-state index in [1.807, 2.05) is 71.5 Å². The first kappa shape index (κ1) is 24.5. The molecular weight excluding hydrogens is 493 g/mol. The molecule has 0 unspecified atom stereocenters. The quantitative estimate of drug-likeness (QED) is 0.287. The maximum atomic E-state index is 14.5.